The third-order valence-corrected chi connectivity index (χ3v) is 13.0. The molecular formula is C50H63N5O8. The summed E-state index contributed by atoms with van der Waals surface area (Å²) >= 11 is 0. The van der Waals surface area contributed by atoms with Gasteiger partial charge in [-0.15, -0.1) is 0 Å². The third kappa shape index (κ3) is 10.8. The van der Waals surface area contributed by atoms with E-state index in [9.17, 15) is 19.2 Å². The summed E-state index contributed by atoms with van der Waals surface area (Å²) in [5.41, 5.74) is 4.16. The molecule has 6 heterocycles. The van der Waals surface area contributed by atoms with E-state index in [-0.39, 0.29) is 23.1 Å². The van der Waals surface area contributed by atoms with E-state index in [1.165, 1.54) is 0 Å². The number of fused-ring (bicyclic) bond motifs is 3. The van der Waals surface area contributed by atoms with Gasteiger partial charge in [0, 0.05) is 37.8 Å². The summed E-state index contributed by atoms with van der Waals surface area (Å²) in [6, 6.07) is 21.3. The minimum atomic E-state index is -0.531. The molecule has 3 aliphatic rings. The molecule has 0 unspecified atom stereocenters. The van der Waals surface area contributed by atoms with Crippen LogP contribution in [0.25, 0.3) is 21.8 Å². The van der Waals surface area contributed by atoms with E-state index in [2.05, 4.69) is 39.5 Å². The molecule has 0 atom stereocenters. The lowest BCUT2D eigenvalue weighted by molar-refractivity contribution is -0.159. The molecule has 3 aliphatic heterocycles. The molecule has 2 saturated heterocycles. The van der Waals surface area contributed by atoms with Gasteiger partial charge < -0.3 is 33.4 Å². The molecule has 63 heavy (non-hydrogen) atoms. The topological polar surface area (TPSA) is 143 Å². The summed E-state index contributed by atoms with van der Waals surface area (Å²) in [4.78, 5) is 57.7. The van der Waals surface area contributed by atoms with Gasteiger partial charge in [-0.2, -0.15) is 0 Å². The summed E-state index contributed by atoms with van der Waals surface area (Å²) in [5.74, 6) is 1.24. The molecule has 0 bridgehead atoms. The number of ether oxygens (including phenoxy) is 4. The molecule has 1 N–H and O–H groups in total. The average molecular weight is 862 g/mol. The van der Waals surface area contributed by atoms with Gasteiger partial charge in [-0.1, -0.05) is 24.3 Å². The number of aryl methyl sites for hydroxylation is 4. The van der Waals surface area contributed by atoms with E-state index >= 15 is 0 Å². The Bertz CT molecular complexity index is 2500. The van der Waals surface area contributed by atoms with E-state index in [1.807, 2.05) is 67.2 Å². The standard InChI is InChI=1S/C29H35N3O5.C21H28N2O3/c1-3-35-28(34)29(9-4-12-32-24-17-21(2)5-6-22(24)7-8-27(32)33)10-13-31(14-11-29)20-23-18-25-26(19-30-23)37-16-15-36-25;1-3-26-20(25)21(10-12-22-13-11-21)9-4-14-23-18-15-16(2)5-6-17(18)7-8-19(23)24/h5-8,17-19H,3-4,9-16,20H2,1-2H3;5-8,15,22H,3-4,9-14H2,1-2H3. The second kappa shape index (κ2) is 20.8. The van der Waals surface area contributed by atoms with Crippen LogP contribution in [0.3, 0.4) is 0 Å². The lowest BCUT2D eigenvalue weighted by atomic mass is 9.74. The monoisotopic (exact) mass is 861 g/mol. The Morgan fingerprint density at radius 3 is 1.70 bits per heavy atom. The molecule has 13 nitrogen and oxygen atoms in total. The van der Waals surface area contributed by atoms with Crippen LogP contribution in [0.2, 0.25) is 0 Å². The predicted molar refractivity (Wildman–Crippen MR) is 244 cm³/mol. The molecule has 5 aromatic rings. The molecule has 8 rings (SSSR count). The van der Waals surface area contributed by atoms with Crippen LogP contribution in [-0.4, -0.2) is 83.6 Å². The van der Waals surface area contributed by atoms with Crippen molar-refractivity contribution in [2.75, 3.05) is 52.6 Å². The molecule has 0 aliphatic carbocycles. The Kier molecular flexibility index (Phi) is 15.0. The first kappa shape index (κ1) is 45.5. The summed E-state index contributed by atoms with van der Waals surface area (Å²) < 4.78 is 25.9. The number of aromatic nitrogens is 3. The number of benzene rings is 2. The van der Waals surface area contributed by atoms with Crippen LogP contribution in [0.1, 0.15) is 82.0 Å². The Labute approximate surface area is 369 Å². The predicted octanol–water partition coefficient (Wildman–Crippen LogP) is 7.12. The molecule has 13 heteroatoms. The fraction of sp³-hybridized carbons (Fsp3) is 0.500. The highest BCUT2D eigenvalue weighted by Gasteiger charge is 2.43. The van der Waals surface area contributed by atoms with Crippen LogP contribution in [0.5, 0.6) is 11.5 Å². The van der Waals surface area contributed by atoms with E-state index < -0.39 is 10.8 Å². The zero-order chi connectivity index (χ0) is 44.4. The fourth-order valence-electron chi connectivity index (χ4n) is 9.44. The smallest absolute Gasteiger partial charge is 0.312 e. The molecule has 0 radical (unpaired) electrons. The van der Waals surface area contributed by atoms with Crippen molar-refractivity contribution in [3.63, 3.8) is 0 Å². The van der Waals surface area contributed by atoms with Gasteiger partial charge in [-0.3, -0.25) is 29.1 Å². The number of esters is 2. The average Bonchev–Trinajstić information content (AvgIpc) is 3.29. The number of hydrogen-bond acceptors (Lipinski definition) is 11. The maximum Gasteiger partial charge on any atom is 0.312 e. The van der Waals surface area contributed by atoms with E-state index in [0.29, 0.717) is 58.2 Å². The molecular weight excluding hydrogens is 799 g/mol. The first-order valence-electron chi connectivity index (χ1n) is 22.8. The van der Waals surface area contributed by atoms with Gasteiger partial charge >= 0.3 is 11.9 Å². The van der Waals surface area contributed by atoms with E-state index in [1.54, 1.807) is 18.3 Å². The SMILES string of the molecule is CCOC(=O)C1(CCCn2c(=O)ccc3ccc(C)cc32)CCN(Cc2cc3c(cn2)OCCO3)CC1.CCOC(=O)C1(CCCn2c(=O)ccc3ccc(C)cc32)CCNCC1. The normalized spacial score (nSPS) is 16.8. The van der Waals surface area contributed by atoms with Gasteiger partial charge in [0.15, 0.2) is 11.5 Å². The largest absolute Gasteiger partial charge is 0.486 e. The molecule has 2 fully saturated rings. The van der Waals surface area contributed by atoms with Crippen molar-refractivity contribution >= 4 is 33.7 Å². The number of likely N-dealkylation sites (tertiary alicyclic amines) is 1. The minimum absolute atomic E-state index is 0.00923. The first-order valence-corrected chi connectivity index (χ1v) is 22.8. The Hall–Kier alpha value is -5.53. The Balaban J connectivity index is 0.000000201. The van der Waals surface area contributed by atoms with Gasteiger partial charge in [0.1, 0.15) is 13.2 Å². The molecule has 0 saturated carbocycles. The van der Waals surface area contributed by atoms with Gasteiger partial charge in [0.2, 0.25) is 0 Å². The molecule has 2 aromatic carbocycles. The van der Waals surface area contributed by atoms with E-state index in [4.69, 9.17) is 18.9 Å². The van der Waals surface area contributed by atoms with Gasteiger partial charge in [-0.25, -0.2) is 0 Å². The van der Waals surface area contributed by atoms with Crippen molar-refractivity contribution < 1.29 is 28.5 Å². The van der Waals surface area contributed by atoms with Crippen molar-refractivity contribution in [3.8, 4) is 11.5 Å². The van der Waals surface area contributed by atoms with Crippen LogP contribution in [-0.2, 0) is 38.7 Å². The number of piperidine rings is 2. The van der Waals surface area contributed by atoms with Crippen LogP contribution in [0.15, 0.2) is 82.5 Å². The highest BCUT2D eigenvalue weighted by molar-refractivity contribution is 5.81. The van der Waals surface area contributed by atoms with Gasteiger partial charge in [0.25, 0.3) is 11.1 Å². The van der Waals surface area contributed by atoms with Crippen LogP contribution in [0.4, 0.5) is 0 Å². The van der Waals surface area contributed by atoms with Crippen molar-refractivity contribution in [1.82, 2.24) is 24.3 Å². The van der Waals surface area contributed by atoms with Crippen molar-refractivity contribution in [1.29, 1.82) is 0 Å². The van der Waals surface area contributed by atoms with Crippen LogP contribution < -0.4 is 25.9 Å². The number of nitrogens with zero attached hydrogens (tertiary/aromatic N) is 4. The zero-order valence-corrected chi connectivity index (χ0v) is 37.4. The van der Waals surface area contributed by atoms with Crippen molar-refractivity contribution in [2.24, 2.45) is 10.8 Å². The highest BCUT2D eigenvalue weighted by atomic mass is 16.6. The Morgan fingerprint density at radius 2 is 1.17 bits per heavy atom. The number of hydrogen-bond donors (Lipinski definition) is 1. The maximum atomic E-state index is 13.2. The number of carbonyl (C=O) groups is 2. The Morgan fingerprint density at radius 1 is 0.683 bits per heavy atom. The number of nitrogens with one attached hydrogen (secondary N) is 1. The van der Waals surface area contributed by atoms with Gasteiger partial charge in [-0.05, 0) is 151 Å². The summed E-state index contributed by atoms with van der Waals surface area (Å²) in [6.07, 6.45) is 7.73. The van der Waals surface area contributed by atoms with Gasteiger partial charge in [0.05, 0.1) is 47.0 Å². The second-order valence-corrected chi connectivity index (χ2v) is 17.3. The van der Waals surface area contributed by atoms with Crippen LogP contribution in [0, 0.1) is 24.7 Å². The molecule has 336 valence electrons. The number of pyridine rings is 3. The molecule has 0 amide bonds. The zero-order valence-electron chi connectivity index (χ0n) is 37.4. The molecule has 3 aromatic heterocycles. The molecule has 0 spiro atoms. The summed E-state index contributed by atoms with van der Waals surface area (Å²) in [5, 5.41) is 5.44. The second-order valence-electron chi connectivity index (χ2n) is 17.3. The fourth-order valence-corrected chi connectivity index (χ4v) is 9.44. The number of carbonyl (C=O) groups excluding carboxylic acids is 2. The van der Waals surface area contributed by atoms with Crippen LogP contribution >= 0.6 is 0 Å². The van der Waals surface area contributed by atoms with E-state index in [0.717, 1.165) is 116 Å². The summed E-state index contributed by atoms with van der Waals surface area (Å²) in [6.45, 7) is 14.8. The maximum absolute atomic E-state index is 13.2. The quantitative estimate of drug-likeness (QED) is 0.114. The highest BCUT2D eigenvalue weighted by Crippen LogP contribution is 2.39. The minimum Gasteiger partial charge on any atom is -0.486 e. The third-order valence-electron chi connectivity index (χ3n) is 13.0. The lowest BCUT2D eigenvalue weighted by Gasteiger charge is -2.40. The number of rotatable bonds is 14. The van der Waals surface area contributed by atoms with Crippen molar-refractivity contribution in [2.45, 2.75) is 98.7 Å². The van der Waals surface area contributed by atoms with Crippen molar-refractivity contribution in [3.05, 3.63) is 110 Å². The first-order chi connectivity index (χ1) is 30.5. The summed E-state index contributed by atoms with van der Waals surface area (Å²) in [7, 11) is 0. The lowest BCUT2D eigenvalue weighted by Crippen LogP contribution is -2.45.